The van der Waals surface area contributed by atoms with E-state index in [4.69, 9.17) is 4.42 Å². The van der Waals surface area contributed by atoms with Crippen LogP contribution in [0.15, 0.2) is 57.7 Å². The second-order valence-corrected chi connectivity index (χ2v) is 5.65. The molecule has 0 aliphatic carbocycles. The minimum atomic E-state index is -0.0986. The van der Waals surface area contributed by atoms with E-state index in [1.807, 2.05) is 30.3 Å². The molecule has 2 aromatic heterocycles. The predicted molar refractivity (Wildman–Crippen MR) is 88.5 cm³/mol. The summed E-state index contributed by atoms with van der Waals surface area (Å²) in [7, 11) is 0. The summed E-state index contributed by atoms with van der Waals surface area (Å²) in [5.74, 6) is 0.631. The lowest BCUT2D eigenvalue weighted by molar-refractivity contribution is -0.119. The van der Waals surface area contributed by atoms with Gasteiger partial charge in [-0.05, 0) is 36.4 Å². The average molecular weight is 360 g/mol. The van der Waals surface area contributed by atoms with Crippen LogP contribution < -0.4 is 10.6 Å². The van der Waals surface area contributed by atoms with Crippen molar-refractivity contribution in [3.8, 4) is 0 Å². The second kappa shape index (κ2) is 6.62. The van der Waals surface area contributed by atoms with Gasteiger partial charge in [0, 0.05) is 21.7 Å². The van der Waals surface area contributed by atoms with Crippen LogP contribution in [0.25, 0.3) is 10.9 Å². The maximum atomic E-state index is 11.9. The molecule has 22 heavy (non-hydrogen) atoms. The maximum absolute atomic E-state index is 11.9. The maximum Gasteiger partial charge on any atom is 0.239 e. The van der Waals surface area contributed by atoms with Gasteiger partial charge in [0.15, 0.2) is 0 Å². The molecule has 2 N–H and O–H groups in total. The van der Waals surface area contributed by atoms with E-state index in [2.05, 4.69) is 31.5 Å². The normalized spacial score (nSPS) is 10.6. The number of nitrogens with one attached hydrogen (secondary N) is 2. The summed E-state index contributed by atoms with van der Waals surface area (Å²) in [6, 6.07) is 11.3. The van der Waals surface area contributed by atoms with Crippen molar-refractivity contribution in [3.63, 3.8) is 0 Å². The number of pyridine rings is 1. The summed E-state index contributed by atoms with van der Waals surface area (Å²) in [6.07, 6.45) is 3.30. The minimum absolute atomic E-state index is 0.0986. The Bertz CT molecular complexity index is 787. The minimum Gasteiger partial charge on any atom is -0.467 e. The Balaban J connectivity index is 1.62. The number of hydrogen-bond acceptors (Lipinski definition) is 4. The van der Waals surface area contributed by atoms with Gasteiger partial charge in [-0.15, -0.1) is 0 Å². The quantitative estimate of drug-likeness (QED) is 0.733. The summed E-state index contributed by atoms with van der Waals surface area (Å²) in [4.78, 5) is 16.2. The van der Waals surface area contributed by atoms with Gasteiger partial charge in [-0.3, -0.25) is 9.78 Å². The molecular weight excluding hydrogens is 346 g/mol. The van der Waals surface area contributed by atoms with Crippen molar-refractivity contribution < 1.29 is 9.21 Å². The number of benzene rings is 1. The van der Waals surface area contributed by atoms with Crippen LogP contribution in [-0.4, -0.2) is 17.4 Å². The first kappa shape index (κ1) is 14.6. The molecular formula is C16H14BrN3O2. The number of furan rings is 1. The Labute approximate surface area is 135 Å². The fourth-order valence-electron chi connectivity index (χ4n) is 2.11. The van der Waals surface area contributed by atoms with E-state index in [-0.39, 0.29) is 12.5 Å². The van der Waals surface area contributed by atoms with Crippen molar-refractivity contribution in [1.82, 2.24) is 10.3 Å². The number of rotatable bonds is 5. The third-order valence-corrected chi connectivity index (χ3v) is 3.68. The van der Waals surface area contributed by atoms with E-state index in [1.165, 1.54) is 0 Å². The fourth-order valence-corrected chi connectivity index (χ4v) is 2.46. The van der Waals surface area contributed by atoms with Crippen LogP contribution in [0.4, 0.5) is 5.69 Å². The summed E-state index contributed by atoms with van der Waals surface area (Å²) < 4.78 is 6.14. The van der Waals surface area contributed by atoms with E-state index in [0.29, 0.717) is 6.54 Å². The van der Waals surface area contributed by atoms with Gasteiger partial charge in [-0.2, -0.15) is 0 Å². The number of aromatic nitrogens is 1. The molecule has 0 atom stereocenters. The molecule has 1 amide bonds. The van der Waals surface area contributed by atoms with Gasteiger partial charge in [-0.1, -0.05) is 15.9 Å². The number of nitrogens with zero attached hydrogens (tertiary/aromatic N) is 1. The number of amides is 1. The van der Waals surface area contributed by atoms with Crippen molar-refractivity contribution in [2.45, 2.75) is 6.54 Å². The van der Waals surface area contributed by atoms with E-state index < -0.39 is 0 Å². The van der Waals surface area contributed by atoms with Crippen LogP contribution in [0.3, 0.4) is 0 Å². The monoisotopic (exact) mass is 359 g/mol. The molecule has 112 valence electrons. The zero-order chi connectivity index (χ0) is 15.4. The van der Waals surface area contributed by atoms with Crippen LogP contribution >= 0.6 is 15.9 Å². The lowest BCUT2D eigenvalue weighted by atomic mass is 10.2. The Morgan fingerprint density at radius 3 is 3.00 bits per heavy atom. The molecule has 0 aliphatic heterocycles. The summed E-state index contributed by atoms with van der Waals surface area (Å²) >= 11 is 3.43. The summed E-state index contributed by atoms with van der Waals surface area (Å²) in [5, 5.41) is 6.91. The molecule has 2 heterocycles. The van der Waals surface area contributed by atoms with E-state index in [9.17, 15) is 4.79 Å². The first-order valence-corrected chi connectivity index (χ1v) is 7.59. The Morgan fingerprint density at radius 1 is 1.27 bits per heavy atom. The van der Waals surface area contributed by atoms with Crippen molar-refractivity contribution in [2.75, 3.05) is 11.9 Å². The van der Waals surface area contributed by atoms with Gasteiger partial charge in [0.25, 0.3) is 0 Å². The first-order valence-electron chi connectivity index (χ1n) is 6.79. The van der Waals surface area contributed by atoms with Gasteiger partial charge in [0.05, 0.1) is 24.9 Å². The molecule has 0 bridgehead atoms. The van der Waals surface area contributed by atoms with Crippen LogP contribution in [0.2, 0.25) is 0 Å². The van der Waals surface area contributed by atoms with Crippen LogP contribution in [0.1, 0.15) is 5.76 Å². The van der Waals surface area contributed by atoms with Crippen molar-refractivity contribution in [2.24, 2.45) is 0 Å². The van der Waals surface area contributed by atoms with Gasteiger partial charge in [0.1, 0.15) is 5.76 Å². The van der Waals surface area contributed by atoms with Crippen LogP contribution in [0.5, 0.6) is 0 Å². The summed E-state index contributed by atoms with van der Waals surface area (Å²) in [5.41, 5.74) is 1.75. The smallest absolute Gasteiger partial charge is 0.239 e. The third-order valence-electron chi connectivity index (χ3n) is 3.18. The van der Waals surface area contributed by atoms with Gasteiger partial charge in [-0.25, -0.2) is 0 Å². The molecule has 0 spiro atoms. The number of fused-ring (bicyclic) bond motifs is 1. The van der Waals surface area contributed by atoms with Crippen molar-refractivity contribution in [3.05, 3.63) is 59.1 Å². The fraction of sp³-hybridized carbons (Fsp3) is 0.125. The lowest BCUT2D eigenvalue weighted by Crippen LogP contribution is -2.29. The Morgan fingerprint density at radius 2 is 2.18 bits per heavy atom. The first-order chi connectivity index (χ1) is 10.7. The largest absolute Gasteiger partial charge is 0.467 e. The topological polar surface area (TPSA) is 67.2 Å². The molecule has 3 rings (SSSR count). The standard InChI is InChI=1S/C16H14BrN3O2/c17-11-3-4-13-14(5-6-18-15(13)8-11)19-10-16(21)20-9-12-2-1-7-22-12/h1-8H,9-10H2,(H,18,19)(H,20,21). The van der Waals surface area contributed by atoms with Gasteiger partial charge < -0.3 is 15.1 Å². The van der Waals surface area contributed by atoms with E-state index in [1.54, 1.807) is 18.5 Å². The highest BCUT2D eigenvalue weighted by Crippen LogP contribution is 2.24. The lowest BCUT2D eigenvalue weighted by Gasteiger charge is -2.09. The number of anilines is 1. The predicted octanol–water partition coefficient (Wildman–Crippen LogP) is 3.32. The molecule has 0 fully saturated rings. The molecule has 0 saturated carbocycles. The molecule has 6 heteroatoms. The molecule has 0 unspecified atom stereocenters. The molecule has 0 saturated heterocycles. The van der Waals surface area contributed by atoms with Crippen LogP contribution in [0, 0.1) is 0 Å². The van der Waals surface area contributed by atoms with Crippen LogP contribution in [-0.2, 0) is 11.3 Å². The molecule has 0 radical (unpaired) electrons. The van der Waals surface area contributed by atoms with Crippen molar-refractivity contribution in [1.29, 1.82) is 0 Å². The Kier molecular flexibility index (Phi) is 4.39. The highest BCUT2D eigenvalue weighted by atomic mass is 79.9. The van der Waals surface area contributed by atoms with Gasteiger partial charge in [0.2, 0.25) is 5.91 Å². The molecule has 3 aromatic rings. The number of halogens is 1. The second-order valence-electron chi connectivity index (χ2n) is 4.73. The van der Waals surface area contributed by atoms with Crippen molar-refractivity contribution >= 4 is 38.4 Å². The zero-order valence-corrected chi connectivity index (χ0v) is 13.3. The molecule has 0 aliphatic rings. The number of carbonyl (C=O) groups excluding carboxylic acids is 1. The average Bonchev–Trinajstić information content (AvgIpc) is 3.04. The third kappa shape index (κ3) is 3.46. The SMILES string of the molecule is O=C(CNc1ccnc2cc(Br)ccc12)NCc1ccco1. The molecule has 1 aromatic carbocycles. The van der Waals surface area contributed by atoms with E-state index >= 15 is 0 Å². The highest BCUT2D eigenvalue weighted by Gasteiger charge is 2.06. The molecule has 5 nitrogen and oxygen atoms in total. The highest BCUT2D eigenvalue weighted by molar-refractivity contribution is 9.10. The zero-order valence-electron chi connectivity index (χ0n) is 11.7. The number of carbonyl (C=O) groups is 1. The Hall–Kier alpha value is -2.34. The van der Waals surface area contributed by atoms with Gasteiger partial charge >= 0.3 is 0 Å². The summed E-state index contributed by atoms with van der Waals surface area (Å²) in [6.45, 7) is 0.577. The number of hydrogen-bond donors (Lipinski definition) is 2. The van der Waals surface area contributed by atoms with E-state index in [0.717, 1.165) is 26.8 Å².